The highest BCUT2D eigenvalue weighted by Crippen LogP contribution is 2.25. The normalized spacial score (nSPS) is 17.5. The van der Waals surface area contributed by atoms with Gasteiger partial charge in [-0.3, -0.25) is 4.79 Å². The van der Waals surface area contributed by atoms with Crippen molar-refractivity contribution in [3.63, 3.8) is 0 Å². The molecule has 0 aliphatic carbocycles. The van der Waals surface area contributed by atoms with Gasteiger partial charge in [0.15, 0.2) is 0 Å². The Hall–Kier alpha value is -2.65. The summed E-state index contributed by atoms with van der Waals surface area (Å²) in [4.78, 5) is 24.3. The van der Waals surface area contributed by atoms with Crippen LogP contribution in [0.25, 0.3) is 0 Å². The maximum absolute atomic E-state index is 13.0. The third-order valence-electron chi connectivity index (χ3n) is 5.24. The minimum Gasteiger partial charge on any atom is -0.465 e. The fourth-order valence-electron chi connectivity index (χ4n) is 3.57. The third-order valence-corrected chi connectivity index (χ3v) is 7.25. The minimum absolute atomic E-state index is 0.0524. The molecule has 3 rings (SSSR count). The molecule has 1 amide bonds. The smallest absolute Gasteiger partial charge is 0.341 e. The molecule has 1 N–H and O–H groups in total. The van der Waals surface area contributed by atoms with Crippen LogP contribution in [0.2, 0.25) is 0 Å². The zero-order valence-electron chi connectivity index (χ0n) is 17.3. The van der Waals surface area contributed by atoms with Gasteiger partial charge in [0, 0.05) is 18.2 Å². The van der Waals surface area contributed by atoms with E-state index in [0.717, 1.165) is 19.3 Å². The molecule has 1 fully saturated rings. The first kappa shape index (κ1) is 22.0. The summed E-state index contributed by atoms with van der Waals surface area (Å²) < 4.78 is 37.7. The Labute approximate surface area is 176 Å². The van der Waals surface area contributed by atoms with Gasteiger partial charge in [0.1, 0.15) is 17.1 Å². The van der Waals surface area contributed by atoms with E-state index >= 15 is 0 Å². The van der Waals surface area contributed by atoms with Crippen molar-refractivity contribution in [1.82, 2.24) is 9.62 Å². The first-order chi connectivity index (χ1) is 14.2. The first-order valence-corrected chi connectivity index (χ1v) is 11.3. The number of methoxy groups -OCH3 is 1. The number of carbonyl (C=O) groups is 2. The number of nitrogens with one attached hydrogen (secondary N) is 1. The summed E-state index contributed by atoms with van der Waals surface area (Å²) in [6, 6.07) is 7.46. The highest BCUT2D eigenvalue weighted by molar-refractivity contribution is 7.89. The summed E-state index contributed by atoms with van der Waals surface area (Å²) in [7, 11) is -2.39. The lowest BCUT2D eigenvalue weighted by molar-refractivity contribution is 0.0598. The maximum atomic E-state index is 13.0. The van der Waals surface area contributed by atoms with Crippen molar-refractivity contribution in [3.05, 3.63) is 53.0 Å². The second kappa shape index (κ2) is 9.01. The predicted molar refractivity (Wildman–Crippen MR) is 110 cm³/mol. The molecule has 2 aromatic rings. The van der Waals surface area contributed by atoms with Crippen molar-refractivity contribution in [1.29, 1.82) is 0 Å². The van der Waals surface area contributed by atoms with E-state index in [2.05, 4.69) is 10.1 Å². The third kappa shape index (κ3) is 4.57. The number of nitrogens with zero attached hydrogens (tertiary/aromatic N) is 1. The van der Waals surface area contributed by atoms with Crippen LogP contribution in [0.1, 0.15) is 58.4 Å². The Morgan fingerprint density at radius 2 is 2.03 bits per heavy atom. The lowest BCUT2D eigenvalue weighted by Crippen LogP contribution is -2.42. The quantitative estimate of drug-likeness (QED) is 0.701. The molecule has 1 saturated heterocycles. The van der Waals surface area contributed by atoms with Crippen LogP contribution in [-0.4, -0.2) is 44.3 Å². The van der Waals surface area contributed by atoms with Gasteiger partial charge in [0.2, 0.25) is 10.0 Å². The molecule has 1 aromatic heterocycles. The number of benzene rings is 1. The van der Waals surface area contributed by atoms with Gasteiger partial charge in [-0.1, -0.05) is 12.5 Å². The molecule has 1 atom stereocenters. The van der Waals surface area contributed by atoms with Gasteiger partial charge in [0.25, 0.3) is 5.91 Å². The summed E-state index contributed by atoms with van der Waals surface area (Å²) in [6.07, 6.45) is 2.68. The van der Waals surface area contributed by atoms with Crippen molar-refractivity contribution < 1.29 is 27.2 Å². The van der Waals surface area contributed by atoms with Crippen molar-refractivity contribution in [2.45, 2.75) is 50.6 Å². The fourth-order valence-corrected chi connectivity index (χ4v) is 5.32. The average Bonchev–Trinajstić information content (AvgIpc) is 3.12. The number of hydrogen-bond acceptors (Lipinski definition) is 6. The Kier molecular flexibility index (Phi) is 6.62. The standard InChI is InChI=1S/C21H26N2O6S/c1-14-7-4-5-10-23(14)30(26,27)18-9-6-8-16(11-18)20(24)22-13-17-12-19(15(2)29-17)21(25)28-3/h6,8-9,11-12,14H,4-5,7,10,13H2,1-3H3,(H,22,24). The lowest BCUT2D eigenvalue weighted by Gasteiger charge is -2.32. The van der Waals surface area contributed by atoms with Crippen LogP contribution >= 0.6 is 0 Å². The van der Waals surface area contributed by atoms with Gasteiger partial charge in [0.05, 0.1) is 18.6 Å². The number of ether oxygens (including phenoxy) is 1. The summed E-state index contributed by atoms with van der Waals surface area (Å²) >= 11 is 0. The second-order valence-electron chi connectivity index (χ2n) is 7.35. The molecule has 9 heteroatoms. The summed E-state index contributed by atoms with van der Waals surface area (Å²) in [5.41, 5.74) is 0.530. The Bertz CT molecular complexity index is 1040. The van der Waals surface area contributed by atoms with Crippen LogP contribution in [0, 0.1) is 6.92 Å². The highest BCUT2D eigenvalue weighted by Gasteiger charge is 2.31. The molecule has 2 heterocycles. The number of piperidine rings is 1. The fraction of sp³-hybridized carbons (Fsp3) is 0.429. The SMILES string of the molecule is COC(=O)c1cc(CNC(=O)c2cccc(S(=O)(=O)N3CCCCC3C)c2)oc1C. The van der Waals surface area contributed by atoms with E-state index in [9.17, 15) is 18.0 Å². The number of esters is 1. The number of rotatable bonds is 6. The Morgan fingerprint density at radius 1 is 1.27 bits per heavy atom. The molecular weight excluding hydrogens is 408 g/mol. The predicted octanol–water partition coefficient (Wildman–Crippen LogP) is 2.87. The van der Waals surface area contributed by atoms with E-state index in [0.29, 0.717) is 23.6 Å². The summed E-state index contributed by atoms with van der Waals surface area (Å²) in [6.45, 7) is 4.08. The van der Waals surface area contributed by atoms with Crippen LogP contribution in [0.3, 0.4) is 0 Å². The van der Waals surface area contributed by atoms with Crippen LogP contribution in [0.15, 0.2) is 39.6 Å². The topological polar surface area (TPSA) is 106 Å². The van der Waals surface area contributed by atoms with E-state index in [-0.39, 0.29) is 23.0 Å². The molecule has 30 heavy (non-hydrogen) atoms. The minimum atomic E-state index is -3.67. The van der Waals surface area contributed by atoms with E-state index in [4.69, 9.17) is 4.42 Å². The lowest BCUT2D eigenvalue weighted by atomic mass is 10.1. The van der Waals surface area contributed by atoms with E-state index in [1.54, 1.807) is 19.1 Å². The molecule has 162 valence electrons. The highest BCUT2D eigenvalue weighted by atomic mass is 32.2. The van der Waals surface area contributed by atoms with Gasteiger partial charge in [-0.25, -0.2) is 13.2 Å². The first-order valence-electron chi connectivity index (χ1n) is 9.81. The molecule has 0 spiro atoms. The van der Waals surface area contributed by atoms with Crippen molar-refractivity contribution >= 4 is 21.9 Å². The molecule has 0 bridgehead atoms. The van der Waals surface area contributed by atoms with Gasteiger partial charge < -0.3 is 14.5 Å². The van der Waals surface area contributed by atoms with Crippen LogP contribution in [0.4, 0.5) is 0 Å². The van der Waals surface area contributed by atoms with E-state index < -0.39 is 21.9 Å². The van der Waals surface area contributed by atoms with Crippen molar-refractivity contribution in [2.75, 3.05) is 13.7 Å². The monoisotopic (exact) mass is 434 g/mol. The van der Waals surface area contributed by atoms with Gasteiger partial charge >= 0.3 is 5.97 Å². The summed E-state index contributed by atoms with van der Waals surface area (Å²) in [5, 5.41) is 2.69. The van der Waals surface area contributed by atoms with Crippen LogP contribution in [-0.2, 0) is 21.3 Å². The average molecular weight is 435 g/mol. The molecule has 1 aliphatic rings. The molecular formula is C21H26N2O6S. The zero-order valence-corrected chi connectivity index (χ0v) is 18.1. The number of sulfonamides is 1. The number of aryl methyl sites for hydroxylation is 1. The molecule has 0 radical (unpaired) electrons. The maximum Gasteiger partial charge on any atom is 0.341 e. The van der Waals surface area contributed by atoms with Crippen LogP contribution < -0.4 is 5.32 Å². The number of furan rings is 1. The van der Waals surface area contributed by atoms with Gasteiger partial charge in [-0.05, 0) is 51.0 Å². The van der Waals surface area contributed by atoms with E-state index in [1.807, 2.05) is 6.92 Å². The zero-order chi connectivity index (χ0) is 21.9. The Balaban J connectivity index is 1.73. The largest absolute Gasteiger partial charge is 0.465 e. The van der Waals surface area contributed by atoms with Crippen molar-refractivity contribution in [2.24, 2.45) is 0 Å². The second-order valence-corrected chi connectivity index (χ2v) is 9.24. The molecule has 1 unspecified atom stereocenters. The molecule has 0 saturated carbocycles. The molecule has 8 nitrogen and oxygen atoms in total. The molecule has 1 aromatic carbocycles. The van der Waals surface area contributed by atoms with Crippen molar-refractivity contribution in [3.8, 4) is 0 Å². The van der Waals surface area contributed by atoms with Gasteiger partial charge in [-0.15, -0.1) is 0 Å². The Morgan fingerprint density at radius 3 is 2.73 bits per heavy atom. The van der Waals surface area contributed by atoms with Gasteiger partial charge in [-0.2, -0.15) is 4.31 Å². The van der Waals surface area contributed by atoms with E-state index in [1.165, 1.54) is 29.6 Å². The summed E-state index contributed by atoms with van der Waals surface area (Å²) in [5.74, 6) is -0.159. The molecule has 1 aliphatic heterocycles. The van der Waals surface area contributed by atoms with Crippen LogP contribution in [0.5, 0.6) is 0 Å². The number of hydrogen-bond donors (Lipinski definition) is 1. The number of carbonyl (C=O) groups excluding carboxylic acids is 2. The number of amides is 1.